The van der Waals surface area contributed by atoms with Crippen LogP contribution in [-0.4, -0.2) is 86.0 Å². The molecule has 238 valence electrons. The zero-order valence-electron chi connectivity index (χ0n) is 24.5. The SMILES string of the molecule is NCN(CN)c1ccccc1[C@H](Cl)N1C[C@H]2N(C(=O)CN(CI)N2C(=O)NCc2ccccc2)[C@@H](Cc2ccc(O)cc2)C1=O. The second-order valence-corrected chi connectivity index (χ2v) is 11.8. The van der Waals surface area contributed by atoms with E-state index in [1.165, 1.54) is 26.9 Å². The lowest BCUT2D eigenvalue weighted by Crippen LogP contribution is -2.76. The number of carbonyl (C=O) groups is 3. The molecule has 14 heteroatoms. The lowest BCUT2D eigenvalue weighted by molar-refractivity contribution is -0.188. The third kappa shape index (κ3) is 6.97. The van der Waals surface area contributed by atoms with Gasteiger partial charge < -0.3 is 36.6 Å². The zero-order valence-corrected chi connectivity index (χ0v) is 27.4. The molecule has 2 aliphatic rings. The van der Waals surface area contributed by atoms with Gasteiger partial charge in [0.15, 0.2) is 0 Å². The number of nitrogens with one attached hydrogen (secondary N) is 1. The Kier molecular flexibility index (Phi) is 10.7. The van der Waals surface area contributed by atoms with Crippen LogP contribution in [0.4, 0.5) is 10.5 Å². The first-order chi connectivity index (χ1) is 21.8. The molecule has 2 saturated heterocycles. The molecule has 2 fully saturated rings. The van der Waals surface area contributed by atoms with Crippen LogP contribution in [0.5, 0.6) is 5.75 Å². The van der Waals surface area contributed by atoms with E-state index in [1.54, 1.807) is 22.0 Å². The number of anilines is 1. The van der Waals surface area contributed by atoms with Crippen LogP contribution in [0.1, 0.15) is 22.2 Å². The van der Waals surface area contributed by atoms with Crippen LogP contribution >= 0.6 is 34.2 Å². The summed E-state index contributed by atoms with van der Waals surface area (Å²) in [5.74, 6) is -0.547. The minimum atomic E-state index is -0.963. The van der Waals surface area contributed by atoms with Gasteiger partial charge in [-0.2, -0.15) is 5.01 Å². The lowest BCUT2D eigenvalue weighted by Gasteiger charge is -2.55. The molecule has 4 amide bonds. The van der Waals surface area contributed by atoms with Crippen LogP contribution < -0.4 is 21.7 Å². The van der Waals surface area contributed by atoms with E-state index in [0.29, 0.717) is 15.8 Å². The van der Waals surface area contributed by atoms with Gasteiger partial charge in [-0.3, -0.25) is 9.59 Å². The maximum atomic E-state index is 14.4. The van der Waals surface area contributed by atoms with Gasteiger partial charge >= 0.3 is 6.03 Å². The summed E-state index contributed by atoms with van der Waals surface area (Å²) in [6, 6.07) is 22.0. The van der Waals surface area contributed by atoms with E-state index < -0.39 is 23.7 Å². The number of phenolic OH excluding ortho intramolecular Hbond substituents is 1. The number of phenols is 1. The summed E-state index contributed by atoms with van der Waals surface area (Å²) in [7, 11) is 0. The molecule has 0 radical (unpaired) electrons. The van der Waals surface area contributed by atoms with Crippen molar-refractivity contribution in [3.05, 3.63) is 95.6 Å². The molecule has 3 aromatic carbocycles. The average molecular weight is 747 g/mol. The minimum absolute atomic E-state index is 0.0314. The standard InChI is InChI=1S/C31H36ClIN8O4/c32-29(24-8-4-5-9-25(24)37(19-34)20-35)39-16-27-40(26(30(39)44)14-21-10-12-23(42)13-11-21)28(43)17-38(18-33)41(27)31(45)36-15-22-6-2-1-3-7-22/h1-13,26-27,29,42H,14-20,34-35H2,(H,36,45)/t26-,27-,29+/m0/s1. The number of para-hydroxylation sites is 1. The molecule has 0 aromatic heterocycles. The lowest BCUT2D eigenvalue weighted by atomic mass is 9.98. The fourth-order valence-electron chi connectivity index (χ4n) is 5.79. The molecule has 45 heavy (non-hydrogen) atoms. The molecule has 6 N–H and O–H groups in total. The first-order valence-electron chi connectivity index (χ1n) is 14.5. The first kappa shape index (κ1) is 32.8. The number of nitrogens with zero attached hydrogens (tertiary/aromatic N) is 5. The van der Waals surface area contributed by atoms with Gasteiger partial charge in [0.1, 0.15) is 23.5 Å². The van der Waals surface area contributed by atoms with Gasteiger partial charge in [-0.1, -0.05) is 94.9 Å². The molecule has 0 saturated carbocycles. The molecule has 0 aliphatic carbocycles. The van der Waals surface area contributed by atoms with Crippen molar-refractivity contribution in [2.24, 2.45) is 11.5 Å². The summed E-state index contributed by atoms with van der Waals surface area (Å²) >= 11 is 9.29. The fraction of sp³-hybridized carbons (Fsp3) is 0.323. The van der Waals surface area contributed by atoms with Gasteiger partial charge in [-0.15, -0.1) is 0 Å². The van der Waals surface area contributed by atoms with Crippen molar-refractivity contribution in [3.63, 3.8) is 0 Å². The third-order valence-electron chi connectivity index (χ3n) is 8.02. The van der Waals surface area contributed by atoms with Gasteiger partial charge in [0.05, 0.1) is 31.0 Å². The highest BCUT2D eigenvalue weighted by Gasteiger charge is 2.52. The summed E-state index contributed by atoms with van der Waals surface area (Å²) in [4.78, 5) is 46.8. The number of urea groups is 1. The highest BCUT2D eigenvalue weighted by Crippen LogP contribution is 2.38. The van der Waals surface area contributed by atoms with Crippen molar-refractivity contribution in [1.82, 2.24) is 25.1 Å². The van der Waals surface area contributed by atoms with E-state index in [0.717, 1.165) is 11.1 Å². The summed E-state index contributed by atoms with van der Waals surface area (Å²) in [6.07, 6.45) is -0.685. The summed E-state index contributed by atoms with van der Waals surface area (Å²) in [5, 5.41) is 16.0. The van der Waals surface area contributed by atoms with Crippen molar-refractivity contribution >= 4 is 57.7 Å². The minimum Gasteiger partial charge on any atom is -0.508 e. The zero-order chi connectivity index (χ0) is 32.1. The number of halogens is 2. The van der Waals surface area contributed by atoms with Gasteiger partial charge in [0.2, 0.25) is 11.8 Å². The number of carbonyl (C=O) groups excluding carboxylic acids is 3. The van der Waals surface area contributed by atoms with Gasteiger partial charge in [0, 0.05) is 24.2 Å². The van der Waals surface area contributed by atoms with E-state index in [4.69, 9.17) is 23.1 Å². The topological polar surface area (TPSA) is 152 Å². The summed E-state index contributed by atoms with van der Waals surface area (Å²) in [5.41, 5.74) is 13.9. The summed E-state index contributed by atoms with van der Waals surface area (Å²) < 4.78 is 0.359. The Morgan fingerprint density at radius 3 is 2.33 bits per heavy atom. The van der Waals surface area contributed by atoms with Crippen LogP contribution in [0.15, 0.2) is 78.9 Å². The molecule has 5 rings (SSSR count). The molecular weight excluding hydrogens is 711 g/mol. The van der Waals surface area contributed by atoms with Crippen molar-refractivity contribution in [2.75, 3.05) is 35.9 Å². The van der Waals surface area contributed by atoms with Crippen molar-refractivity contribution in [2.45, 2.75) is 30.7 Å². The molecule has 3 atom stereocenters. The van der Waals surface area contributed by atoms with Crippen molar-refractivity contribution < 1.29 is 19.5 Å². The van der Waals surface area contributed by atoms with E-state index in [-0.39, 0.29) is 57.0 Å². The third-order valence-corrected chi connectivity index (χ3v) is 9.28. The Hall–Kier alpha value is -3.63. The molecule has 3 aromatic rings. The number of hydrogen-bond acceptors (Lipinski definition) is 8. The Morgan fingerprint density at radius 1 is 1.00 bits per heavy atom. The highest BCUT2D eigenvalue weighted by molar-refractivity contribution is 14.1. The number of piperazine rings is 1. The molecular formula is C31H36ClIN8O4. The second-order valence-electron chi connectivity index (χ2n) is 10.7. The number of aromatic hydroxyl groups is 1. The van der Waals surface area contributed by atoms with E-state index in [1.807, 2.05) is 54.6 Å². The molecule has 2 aliphatic heterocycles. The number of rotatable bonds is 10. The number of hydrogen-bond donors (Lipinski definition) is 4. The molecule has 2 heterocycles. The van der Waals surface area contributed by atoms with Crippen molar-refractivity contribution in [1.29, 1.82) is 0 Å². The molecule has 0 bridgehead atoms. The smallest absolute Gasteiger partial charge is 0.334 e. The number of benzene rings is 3. The average Bonchev–Trinajstić information content (AvgIpc) is 3.06. The monoisotopic (exact) mass is 746 g/mol. The number of hydrazine groups is 1. The van der Waals surface area contributed by atoms with Gasteiger partial charge in [-0.05, 0) is 29.3 Å². The summed E-state index contributed by atoms with van der Waals surface area (Å²) in [6.45, 7) is 0.451. The molecule has 12 nitrogen and oxygen atoms in total. The maximum absolute atomic E-state index is 14.4. The highest BCUT2D eigenvalue weighted by atomic mass is 127. The van der Waals surface area contributed by atoms with Crippen molar-refractivity contribution in [3.8, 4) is 5.75 Å². The normalized spacial score (nSPS) is 19.3. The predicted molar refractivity (Wildman–Crippen MR) is 180 cm³/mol. The second kappa shape index (κ2) is 14.6. The predicted octanol–water partition coefficient (Wildman–Crippen LogP) is 2.71. The van der Waals surface area contributed by atoms with Crippen LogP contribution in [0.25, 0.3) is 0 Å². The van der Waals surface area contributed by atoms with E-state index >= 15 is 0 Å². The largest absolute Gasteiger partial charge is 0.508 e. The Bertz CT molecular complexity index is 1500. The Labute approximate surface area is 280 Å². The number of amides is 4. The molecule has 0 spiro atoms. The van der Waals surface area contributed by atoms with E-state index in [2.05, 4.69) is 27.9 Å². The quantitative estimate of drug-likeness (QED) is 0.107. The Morgan fingerprint density at radius 2 is 1.67 bits per heavy atom. The number of fused-ring (bicyclic) bond motifs is 1. The van der Waals surface area contributed by atoms with Gasteiger partial charge in [0.25, 0.3) is 0 Å². The van der Waals surface area contributed by atoms with Crippen LogP contribution in [0.3, 0.4) is 0 Å². The van der Waals surface area contributed by atoms with E-state index in [9.17, 15) is 19.5 Å². The van der Waals surface area contributed by atoms with Crippen LogP contribution in [0.2, 0.25) is 0 Å². The van der Waals surface area contributed by atoms with Crippen LogP contribution in [0, 0.1) is 0 Å². The molecule has 0 unspecified atom stereocenters. The fourth-order valence-corrected chi connectivity index (χ4v) is 6.72. The maximum Gasteiger partial charge on any atom is 0.334 e. The van der Waals surface area contributed by atoms with Crippen LogP contribution in [-0.2, 0) is 22.6 Å². The number of alkyl halides is 2. The first-order valence-corrected chi connectivity index (χ1v) is 16.4. The van der Waals surface area contributed by atoms with Gasteiger partial charge in [-0.25, -0.2) is 9.80 Å². The Balaban J connectivity index is 1.54. The number of nitrogens with two attached hydrogens (primary N) is 2.